The van der Waals surface area contributed by atoms with Gasteiger partial charge < -0.3 is 20.1 Å². The number of anilines is 3. The van der Waals surface area contributed by atoms with Gasteiger partial charge >= 0.3 is 0 Å². The third-order valence-corrected chi connectivity index (χ3v) is 4.26. The van der Waals surface area contributed by atoms with Crippen molar-refractivity contribution in [3.8, 4) is 5.75 Å². The Hall–Kier alpha value is -2.53. The van der Waals surface area contributed by atoms with E-state index in [1.807, 2.05) is 62.4 Å². The lowest BCUT2D eigenvalue weighted by Crippen LogP contribution is -2.28. The van der Waals surface area contributed by atoms with Gasteiger partial charge in [-0.2, -0.15) is 0 Å². The highest BCUT2D eigenvalue weighted by atomic mass is 16.5. The molecule has 1 saturated heterocycles. The molecule has 138 valence electrons. The lowest BCUT2D eigenvalue weighted by Gasteiger charge is -2.21. The predicted octanol–water partition coefficient (Wildman–Crippen LogP) is 4.58. The second-order valence-corrected chi connectivity index (χ2v) is 6.77. The van der Waals surface area contributed by atoms with Crippen LogP contribution in [0.4, 0.5) is 17.1 Å². The van der Waals surface area contributed by atoms with Crippen molar-refractivity contribution >= 4 is 23.0 Å². The fourth-order valence-corrected chi connectivity index (χ4v) is 2.90. The van der Waals surface area contributed by atoms with Crippen molar-refractivity contribution in [2.75, 3.05) is 23.8 Å². The van der Waals surface area contributed by atoms with Crippen molar-refractivity contribution in [3.05, 3.63) is 48.5 Å². The highest BCUT2D eigenvalue weighted by molar-refractivity contribution is 5.92. The van der Waals surface area contributed by atoms with Crippen molar-refractivity contribution in [1.82, 2.24) is 0 Å². The van der Waals surface area contributed by atoms with Crippen LogP contribution in [0.5, 0.6) is 5.75 Å². The normalized spacial score (nSPS) is 14.9. The number of hydrogen-bond acceptors (Lipinski definition) is 4. The third-order valence-electron chi connectivity index (χ3n) is 4.26. The molecule has 0 aliphatic carbocycles. The van der Waals surface area contributed by atoms with E-state index in [-0.39, 0.29) is 17.9 Å². The smallest absolute Gasteiger partial charge is 0.227 e. The monoisotopic (exact) mass is 354 g/mol. The molecule has 1 fully saturated rings. The van der Waals surface area contributed by atoms with Crippen LogP contribution < -0.4 is 15.4 Å². The van der Waals surface area contributed by atoms with Crippen LogP contribution in [0.3, 0.4) is 0 Å². The van der Waals surface area contributed by atoms with E-state index in [0.717, 1.165) is 35.7 Å². The number of nitrogens with one attached hydrogen (secondary N) is 2. The summed E-state index contributed by atoms with van der Waals surface area (Å²) in [6, 6.07) is 15.6. The van der Waals surface area contributed by atoms with Crippen molar-refractivity contribution in [2.45, 2.75) is 32.8 Å². The van der Waals surface area contributed by atoms with Gasteiger partial charge in [0.1, 0.15) is 5.75 Å². The lowest BCUT2D eigenvalue weighted by molar-refractivity contribution is -0.122. The first kappa shape index (κ1) is 18.3. The molecule has 2 N–H and O–H groups in total. The molecule has 1 amide bonds. The third kappa shape index (κ3) is 5.23. The van der Waals surface area contributed by atoms with Crippen LogP contribution in [0.15, 0.2) is 48.5 Å². The Kier molecular flexibility index (Phi) is 6.12. The summed E-state index contributed by atoms with van der Waals surface area (Å²) in [5, 5.41) is 6.33. The molecule has 0 saturated carbocycles. The number of ether oxygens (including phenoxy) is 2. The van der Waals surface area contributed by atoms with Gasteiger partial charge in [-0.15, -0.1) is 0 Å². The van der Waals surface area contributed by atoms with Gasteiger partial charge in [-0.25, -0.2) is 0 Å². The lowest BCUT2D eigenvalue weighted by atomic mass is 9.99. The van der Waals surface area contributed by atoms with E-state index in [0.29, 0.717) is 13.2 Å². The first-order valence-electron chi connectivity index (χ1n) is 9.12. The highest BCUT2D eigenvalue weighted by Gasteiger charge is 2.21. The minimum absolute atomic E-state index is 0.0492. The molecule has 0 unspecified atom stereocenters. The van der Waals surface area contributed by atoms with Crippen molar-refractivity contribution in [1.29, 1.82) is 0 Å². The molecule has 0 spiro atoms. The molecule has 5 heteroatoms. The molecule has 5 nitrogen and oxygen atoms in total. The summed E-state index contributed by atoms with van der Waals surface area (Å²) in [4.78, 5) is 12.3. The summed E-state index contributed by atoms with van der Waals surface area (Å²) in [6.45, 7) is 5.35. The van der Waals surface area contributed by atoms with Gasteiger partial charge in [-0.3, -0.25) is 4.79 Å². The average molecular weight is 354 g/mol. The summed E-state index contributed by atoms with van der Waals surface area (Å²) in [5.41, 5.74) is 2.76. The van der Waals surface area contributed by atoms with E-state index in [1.54, 1.807) is 0 Å². The Morgan fingerprint density at radius 1 is 0.962 bits per heavy atom. The summed E-state index contributed by atoms with van der Waals surface area (Å²) >= 11 is 0. The van der Waals surface area contributed by atoms with E-state index < -0.39 is 0 Å². The van der Waals surface area contributed by atoms with Crippen LogP contribution in [0.1, 0.15) is 26.7 Å². The second-order valence-electron chi connectivity index (χ2n) is 6.77. The number of carbonyl (C=O) groups is 1. The molecule has 1 aliphatic rings. The molecule has 0 radical (unpaired) electrons. The Labute approximate surface area is 154 Å². The van der Waals surface area contributed by atoms with Gasteiger partial charge in [0.05, 0.1) is 6.10 Å². The van der Waals surface area contributed by atoms with Crippen molar-refractivity contribution in [2.24, 2.45) is 5.92 Å². The number of hydrogen-bond donors (Lipinski definition) is 2. The van der Waals surface area contributed by atoms with E-state index in [1.165, 1.54) is 0 Å². The van der Waals surface area contributed by atoms with Gasteiger partial charge in [-0.05, 0) is 75.2 Å². The topological polar surface area (TPSA) is 59.6 Å². The molecule has 0 aromatic heterocycles. The van der Waals surface area contributed by atoms with Crippen molar-refractivity contribution in [3.63, 3.8) is 0 Å². The zero-order valence-corrected chi connectivity index (χ0v) is 15.3. The van der Waals surface area contributed by atoms with Crippen LogP contribution in [0.25, 0.3) is 0 Å². The number of benzene rings is 2. The van der Waals surface area contributed by atoms with E-state index in [9.17, 15) is 4.79 Å². The SMILES string of the molecule is CC(C)Oc1ccc(Nc2ccc(NC(=O)C3CCOCC3)cc2)cc1. The number of amides is 1. The molecule has 1 heterocycles. The first-order chi connectivity index (χ1) is 12.6. The second kappa shape index (κ2) is 8.72. The summed E-state index contributed by atoms with van der Waals surface area (Å²) < 4.78 is 10.9. The van der Waals surface area contributed by atoms with Crippen LogP contribution in [-0.4, -0.2) is 25.2 Å². The van der Waals surface area contributed by atoms with Crippen LogP contribution in [0.2, 0.25) is 0 Å². The van der Waals surface area contributed by atoms with Crippen LogP contribution >= 0.6 is 0 Å². The molecular weight excluding hydrogens is 328 g/mol. The van der Waals surface area contributed by atoms with Crippen molar-refractivity contribution < 1.29 is 14.3 Å². The summed E-state index contributed by atoms with van der Waals surface area (Å²) in [7, 11) is 0. The quantitative estimate of drug-likeness (QED) is 0.797. The maximum absolute atomic E-state index is 12.3. The summed E-state index contributed by atoms with van der Waals surface area (Å²) in [5.74, 6) is 0.986. The average Bonchev–Trinajstić information content (AvgIpc) is 2.65. The minimum Gasteiger partial charge on any atom is -0.491 e. The van der Waals surface area contributed by atoms with Crippen LogP contribution in [0, 0.1) is 5.92 Å². The Bertz CT molecular complexity index is 705. The van der Waals surface area contributed by atoms with E-state index >= 15 is 0 Å². The zero-order valence-electron chi connectivity index (χ0n) is 15.3. The molecule has 2 aromatic carbocycles. The Morgan fingerprint density at radius 2 is 1.50 bits per heavy atom. The maximum atomic E-state index is 12.3. The first-order valence-corrected chi connectivity index (χ1v) is 9.12. The number of carbonyl (C=O) groups excluding carboxylic acids is 1. The highest BCUT2D eigenvalue weighted by Crippen LogP contribution is 2.23. The molecular formula is C21H26N2O3. The zero-order chi connectivity index (χ0) is 18.4. The summed E-state index contributed by atoms with van der Waals surface area (Å²) in [6.07, 6.45) is 1.75. The van der Waals surface area contributed by atoms with Gasteiger partial charge in [0.25, 0.3) is 0 Å². The van der Waals surface area contributed by atoms with Gasteiger partial charge in [-0.1, -0.05) is 0 Å². The number of rotatable bonds is 6. The van der Waals surface area contributed by atoms with E-state index in [2.05, 4.69) is 10.6 Å². The fourth-order valence-electron chi connectivity index (χ4n) is 2.90. The largest absolute Gasteiger partial charge is 0.491 e. The standard InChI is InChI=1S/C21H26N2O3/c1-15(2)26-20-9-7-18(8-10-20)22-17-3-5-19(6-4-17)23-21(24)16-11-13-25-14-12-16/h3-10,15-16,22H,11-14H2,1-2H3,(H,23,24). The molecule has 1 aliphatic heterocycles. The predicted molar refractivity (Wildman–Crippen MR) is 104 cm³/mol. The molecule has 0 atom stereocenters. The van der Waals surface area contributed by atoms with E-state index in [4.69, 9.17) is 9.47 Å². The molecule has 3 rings (SSSR count). The Morgan fingerprint density at radius 3 is 2.08 bits per heavy atom. The maximum Gasteiger partial charge on any atom is 0.227 e. The minimum atomic E-state index is 0.0492. The fraction of sp³-hybridized carbons (Fsp3) is 0.381. The van der Waals surface area contributed by atoms with Gasteiger partial charge in [0.2, 0.25) is 5.91 Å². The Balaban J connectivity index is 1.54. The molecule has 0 bridgehead atoms. The molecule has 26 heavy (non-hydrogen) atoms. The van der Waals surface area contributed by atoms with Gasteiger partial charge in [0, 0.05) is 36.2 Å². The molecule has 2 aromatic rings. The van der Waals surface area contributed by atoms with Gasteiger partial charge in [0.15, 0.2) is 0 Å². The van der Waals surface area contributed by atoms with Crippen LogP contribution in [-0.2, 0) is 9.53 Å².